The van der Waals surface area contributed by atoms with Crippen LogP contribution in [0.2, 0.25) is 0 Å². The maximum atomic E-state index is 11.6. The normalized spacial score (nSPS) is 12.7. The topological polar surface area (TPSA) is 70.2 Å². The molecule has 1 amide bonds. The van der Waals surface area contributed by atoms with Crippen LogP contribution in [0.25, 0.3) is 0 Å². The fourth-order valence-corrected chi connectivity index (χ4v) is 1.93. The first-order valence-corrected chi connectivity index (χ1v) is 7.19. The van der Waals surface area contributed by atoms with E-state index in [1.54, 1.807) is 7.05 Å². The lowest BCUT2D eigenvalue weighted by Crippen LogP contribution is -2.35. The van der Waals surface area contributed by atoms with Crippen molar-refractivity contribution in [3.05, 3.63) is 11.9 Å². The minimum atomic E-state index is -0.130. The molecule has 1 atom stereocenters. The van der Waals surface area contributed by atoms with Gasteiger partial charge in [-0.2, -0.15) is 0 Å². The predicted octanol–water partition coefficient (Wildman–Crippen LogP) is 1.63. The summed E-state index contributed by atoms with van der Waals surface area (Å²) in [5.41, 5.74) is -0.130. The zero-order valence-corrected chi connectivity index (χ0v) is 14.1. The van der Waals surface area contributed by atoms with E-state index >= 15 is 0 Å². The van der Waals surface area contributed by atoms with Gasteiger partial charge in [0.05, 0.1) is 5.92 Å². The molecule has 0 aromatic carbocycles. The number of nitrogens with one attached hydrogen (secondary N) is 2. The molecule has 1 aromatic heterocycles. The van der Waals surface area contributed by atoms with Gasteiger partial charge in [0.2, 0.25) is 5.91 Å². The first kappa shape index (κ1) is 17.2. The smallest absolute Gasteiger partial charge is 0.224 e. The van der Waals surface area contributed by atoms with Crippen LogP contribution in [-0.2, 0) is 10.2 Å². The van der Waals surface area contributed by atoms with Gasteiger partial charge in [-0.25, -0.2) is 9.97 Å². The van der Waals surface area contributed by atoms with Crippen LogP contribution in [0.3, 0.4) is 0 Å². The molecular weight excluding hydrogens is 266 g/mol. The summed E-state index contributed by atoms with van der Waals surface area (Å²) >= 11 is 0. The van der Waals surface area contributed by atoms with Gasteiger partial charge in [0.25, 0.3) is 0 Å². The van der Waals surface area contributed by atoms with Crippen LogP contribution in [0.15, 0.2) is 6.07 Å². The number of carbonyl (C=O) groups is 1. The van der Waals surface area contributed by atoms with Crippen molar-refractivity contribution in [3.8, 4) is 0 Å². The highest BCUT2D eigenvalue weighted by Crippen LogP contribution is 2.23. The summed E-state index contributed by atoms with van der Waals surface area (Å²) in [5, 5.41) is 5.73. The molecule has 0 spiro atoms. The first-order chi connectivity index (χ1) is 9.68. The van der Waals surface area contributed by atoms with Gasteiger partial charge < -0.3 is 15.5 Å². The second-order valence-electron chi connectivity index (χ2n) is 6.33. The van der Waals surface area contributed by atoms with E-state index < -0.39 is 0 Å². The zero-order valence-electron chi connectivity index (χ0n) is 14.1. The maximum absolute atomic E-state index is 11.6. The fraction of sp³-hybridized carbons (Fsp3) is 0.667. The van der Waals surface area contributed by atoms with Gasteiger partial charge in [-0.05, 0) is 0 Å². The molecular formula is C15H27N5O. The van der Waals surface area contributed by atoms with Gasteiger partial charge in [-0.15, -0.1) is 0 Å². The summed E-state index contributed by atoms with van der Waals surface area (Å²) in [4.78, 5) is 22.8. The Hall–Kier alpha value is -1.85. The van der Waals surface area contributed by atoms with E-state index in [0.717, 1.165) is 17.5 Å². The average molecular weight is 293 g/mol. The molecule has 0 saturated heterocycles. The Morgan fingerprint density at radius 1 is 1.33 bits per heavy atom. The Balaban J connectivity index is 3.03. The molecule has 21 heavy (non-hydrogen) atoms. The van der Waals surface area contributed by atoms with E-state index in [1.165, 1.54) is 0 Å². The van der Waals surface area contributed by atoms with Crippen LogP contribution in [0, 0.1) is 5.92 Å². The van der Waals surface area contributed by atoms with Crippen molar-refractivity contribution in [2.24, 2.45) is 5.92 Å². The van der Waals surface area contributed by atoms with E-state index in [2.05, 4.69) is 41.4 Å². The lowest BCUT2D eigenvalue weighted by atomic mass is 9.96. The Labute approximate surface area is 127 Å². The number of hydrogen-bond donors (Lipinski definition) is 2. The molecule has 6 nitrogen and oxygen atoms in total. The molecule has 1 aromatic rings. The van der Waals surface area contributed by atoms with Gasteiger partial charge in [0, 0.05) is 39.2 Å². The SMILES string of the molecule is CNC(=O)C(C)CN(C)c1cc(NC)nc(C(C)(C)C)n1. The van der Waals surface area contributed by atoms with Crippen LogP contribution in [-0.4, -0.2) is 43.6 Å². The number of amides is 1. The van der Waals surface area contributed by atoms with E-state index in [9.17, 15) is 4.79 Å². The van der Waals surface area contributed by atoms with Gasteiger partial charge >= 0.3 is 0 Å². The first-order valence-electron chi connectivity index (χ1n) is 7.19. The van der Waals surface area contributed by atoms with E-state index in [0.29, 0.717) is 6.54 Å². The monoisotopic (exact) mass is 293 g/mol. The molecule has 0 saturated carbocycles. The third-order valence-electron chi connectivity index (χ3n) is 3.27. The third kappa shape index (κ3) is 4.58. The number of carbonyl (C=O) groups excluding carboxylic acids is 1. The van der Waals surface area contributed by atoms with E-state index in [4.69, 9.17) is 0 Å². The van der Waals surface area contributed by atoms with Crippen LogP contribution in [0.1, 0.15) is 33.5 Å². The minimum absolute atomic E-state index is 0.0285. The van der Waals surface area contributed by atoms with Crippen molar-refractivity contribution < 1.29 is 4.79 Å². The zero-order chi connectivity index (χ0) is 16.2. The Morgan fingerprint density at radius 2 is 1.95 bits per heavy atom. The average Bonchev–Trinajstić information content (AvgIpc) is 2.44. The second-order valence-corrected chi connectivity index (χ2v) is 6.33. The summed E-state index contributed by atoms with van der Waals surface area (Å²) in [6.45, 7) is 8.75. The summed E-state index contributed by atoms with van der Waals surface area (Å²) in [6.07, 6.45) is 0. The molecule has 0 aliphatic heterocycles. The molecule has 1 unspecified atom stereocenters. The highest BCUT2D eigenvalue weighted by molar-refractivity contribution is 5.78. The lowest BCUT2D eigenvalue weighted by molar-refractivity contribution is -0.123. The fourth-order valence-electron chi connectivity index (χ4n) is 1.93. The third-order valence-corrected chi connectivity index (χ3v) is 3.27. The largest absolute Gasteiger partial charge is 0.373 e. The van der Waals surface area contributed by atoms with Gasteiger partial charge in [-0.3, -0.25) is 4.79 Å². The molecule has 118 valence electrons. The minimum Gasteiger partial charge on any atom is -0.373 e. The molecule has 0 aliphatic carbocycles. The maximum Gasteiger partial charge on any atom is 0.224 e. The van der Waals surface area contributed by atoms with Crippen molar-refractivity contribution in [3.63, 3.8) is 0 Å². The number of nitrogens with zero attached hydrogens (tertiary/aromatic N) is 3. The summed E-state index contributed by atoms with van der Waals surface area (Å²) in [7, 11) is 5.43. The summed E-state index contributed by atoms with van der Waals surface area (Å²) in [6, 6.07) is 1.89. The number of anilines is 2. The van der Waals surface area contributed by atoms with Crippen molar-refractivity contribution in [1.82, 2.24) is 15.3 Å². The van der Waals surface area contributed by atoms with Crippen LogP contribution < -0.4 is 15.5 Å². The number of hydrogen-bond acceptors (Lipinski definition) is 5. The van der Waals surface area contributed by atoms with Gasteiger partial charge in [0.1, 0.15) is 17.5 Å². The summed E-state index contributed by atoms with van der Waals surface area (Å²) in [5.74, 6) is 2.30. The number of rotatable bonds is 5. The Morgan fingerprint density at radius 3 is 2.43 bits per heavy atom. The highest BCUT2D eigenvalue weighted by Gasteiger charge is 2.21. The van der Waals surface area contributed by atoms with E-state index in [1.807, 2.05) is 32.0 Å². The summed E-state index contributed by atoms with van der Waals surface area (Å²) < 4.78 is 0. The van der Waals surface area contributed by atoms with Crippen molar-refractivity contribution in [1.29, 1.82) is 0 Å². The molecule has 0 fully saturated rings. The van der Waals surface area contributed by atoms with Crippen LogP contribution >= 0.6 is 0 Å². The van der Waals surface area contributed by atoms with Crippen LogP contribution in [0.5, 0.6) is 0 Å². The Bertz CT molecular complexity index is 495. The number of aromatic nitrogens is 2. The lowest BCUT2D eigenvalue weighted by Gasteiger charge is -2.25. The van der Waals surface area contributed by atoms with Gasteiger partial charge in [-0.1, -0.05) is 27.7 Å². The molecule has 0 radical (unpaired) electrons. The van der Waals surface area contributed by atoms with E-state index in [-0.39, 0.29) is 17.2 Å². The molecule has 1 rings (SSSR count). The molecule has 6 heteroatoms. The van der Waals surface area contributed by atoms with Crippen molar-refractivity contribution in [2.45, 2.75) is 33.1 Å². The van der Waals surface area contributed by atoms with Crippen LogP contribution in [0.4, 0.5) is 11.6 Å². The molecule has 1 heterocycles. The standard InChI is InChI=1S/C15H27N5O/c1-10(13(21)17-6)9-20(7)12-8-11(16-5)18-14(19-12)15(2,3)4/h8,10H,9H2,1-7H3,(H,17,21)(H,16,18,19). The molecule has 2 N–H and O–H groups in total. The quantitative estimate of drug-likeness (QED) is 0.863. The van der Waals surface area contributed by atoms with Gasteiger partial charge in [0.15, 0.2) is 0 Å². The highest BCUT2D eigenvalue weighted by atomic mass is 16.1. The second kappa shape index (κ2) is 6.74. The Kier molecular flexibility index (Phi) is 5.52. The molecule has 0 aliphatic rings. The predicted molar refractivity (Wildman–Crippen MR) is 86.8 cm³/mol. The van der Waals surface area contributed by atoms with Crippen molar-refractivity contribution >= 4 is 17.5 Å². The van der Waals surface area contributed by atoms with Crippen molar-refractivity contribution in [2.75, 3.05) is 37.9 Å². The molecule has 0 bridgehead atoms.